The molecule has 0 saturated heterocycles. The van der Waals surface area contributed by atoms with Crippen molar-refractivity contribution in [3.8, 4) is 17.4 Å². The van der Waals surface area contributed by atoms with Crippen LogP contribution < -0.4 is 9.47 Å². The van der Waals surface area contributed by atoms with Gasteiger partial charge in [0, 0.05) is 24.2 Å². The van der Waals surface area contributed by atoms with Crippen molar-refractivity contribution >= 4 is 11.6 Å². The average molecular weight is 264 g/mol. The maximum Gasteiger partial charge on any atom is 0.219 e. The molecule has 0 amide bonds. The summed E-state index contributed by atoms with van der Waals surface area (Å²) in [6.45, 7) is 2.58. The van der Waals surface area contributed by atoms with Crippen LogP contribution in [0.2, 0.25) is 0 Å². The predicted molar refractivity (Wildman–Crippen MR) is 71.5 cm³/mol. The second kappa shape index (κ2) is 6.26. The minimum Gasteiger partial charge on any atom is -0.494 e. The Labute approximate surface area is 111 Å². The van der Waals surface area contributed by atoms with Gasteiger partial charge in [-0.05, 0) is 24.6 Å². The Bertz CT molecular complexity index is 499. The largest absolute Gasteiger partial charge is 0.494 e. The summed E-state index contributed by atoms with van der Waals surface area (Å²) in [4.78, 5) is 4.17. The number of alkyl halides is 1. The molecule has 0 aliphatic heterocycles. The molecule has 0 unspecified atom stereocenters. The summed E-state index contributed by atoms with van der Waals surface area (Å²) in [6, 6.07) is 11.2. The molecular formula is C14H14ClNO2. The summed E-state index contributed by atoms with van der Waals surface area (Å²) < 4.78 is 11.0. The Morgan fingerprint density at radius 1 is 1.17 bits per heavy atom. The lowest BCUT2D eigenvalue weighted by atomic mass is 10.3. The Morgan fingerprint density at radius 2 is 2.00 bits per heavy atom. The van der Waals surface area contributed by atoms with Crippen molar-refractivity contribution in [2.24, 2.45) is 0 Å². The highest BCUT2D eigenvalue weighted by atomic mass is 35.5. The van der Waals surface area contributed by atoms with E-state index in [2.05, 4.69) is 4.98 Å². The van der Waals surface area contributed by atoms with E-state index in [-0.39, 0.29) is 0 Å². The molecular weight excluding hydrogens is 250 g/mol. The van der Waals surface area contributed by atoms with Gasteiger partial charge in [-0.3, -0.25) is 0 Å². The van der Waals surface area contributed by atoms with E-state index in [1.807, 2.05) is 37.3 Å². The molecule has 1 aromatic carbocycles. The van der Waals surface area contributed by atoms with Crippen LogP contribution in [0.3, 0.4) is 0 Å². The first-order chi connectivity index (χ1) is 8.81. The van der Waals surface area contributed by atoms with Gasteiger partial charge in [-0.2, -0.15) is 0 Å². The number of nitrogens with zero attached hydrogens (tertiary/aromatic N) is 1. The normalized spacial score (nSPS) is 10.1. The predicted octanol–water partition coefficient (Wildman–Crippen LogP) is 4.01. The molecule has 0 saturated carbocycles. The molecule has 0 atom stereocenters. The highest BCUT2D eigenvalue weighted by molar-refractivity contribution is 6.17. The maximum absolute atomic E-state index is 5.70. The summed E-state index contributed by atoms with van der Waals surface area (Å²) in [5.41, 5.74) is 0.965. The minimum absolute atomic E-state index is 0.451. The van der Waals surface area contributed by atoms with E-state index >= 15 is 0 Å². The van der Waals surface area contributed by atoms with Crippen LogP contribution >= 0.6 is 11.6 Å². The molecule has 2 rings (SSSR count). The molecule has 94 valence electrons. The van der Waals surface area contributed by atoms with Crippen molar-refractivity contribution in [3.63, 3.8) is 0 Å². The molecule has 3 nitrogen and oxygen atoms in total. The first-order valence-corrected chi connectivity index (χ1v) is 6.27. The third-order valence-electron chi connectivity index (χ3n) is 2.29. The number of pyridine rings is 1. The number of aromatic nitrogens is 1. The summed E-state index contributed by atoms with van der Waals surface area (Å²) in [7, 11) is 0. The van der Waals surface area contributed by atoms with Gasteiger partial charge in [0.05, 0.1) is 6.61 Å². The number of ether oxygens (including phenoxy) is 2. The number of rotatable bonds is 5. The smallest absolute Gasteiger partial charge is 0.219 e. The SMILES string of the molecule is CCOc1cccc(Oc2ccc(CCl)cn2)c1. The zero-order chi connectivity index (χ0) is 12.8. The maximum atomic E-state index is 5.70. The molecule has 0 bridgehead atoms. The lowest BCUT2D eigenvalue weighted by Crippen LogP contribution is -1.92. The van der Waals surface area contributed by atoms with Gasteiger partial charge < -0.3 is 9.47 Å². The summed E-state index contributed by atoms with van der Waals surface area (Å²) >= 11 is 5.70. The van der Waals surface area contributed by atoms with Crippen LogP contribution in [0.15, 0.2) is 42.6 Å². The zero-order valence-electron chi connectivity index (χ0n) is 10.1. The Hall–Kier alpha value is -1.74. The standard InChI is InChI=1S/C14H14ClNO2/c1-2-17-12-4-3-5-13(8-12)18-14-7-6-11(9-15)10-16-14/h3-8,10H,2,9H2,1H3. The average Bonchev–Trinajstić information content (AvgIpc) is 2.40. The third kappa shape index (κ3) is 3.37. The summed E-state index contributed by atoms with van der Waals surface area (Å²) in [5.74, 6) is 2.48. The molecule has 2 aromatic rings. The molecule has 1 heterocycles. The van der Waals surface area contributed by atoms with Crippen molar-refractivity contribution in [1.29, 1.82) is 0 Å². The van der Waals surface area contributed by atoms with Gasteiger partial charge in [0.1, 0.15) is 11.5 Å². The van der Waals surface area contributed by atoms with Gasteiger partial charge >= 0.3 is 0 Å². The van der Waals surface area contributed by atoms with Gasteiger partial charge in [-0.25, -0.2) is 4.98 Å². The van der Waals surface area contributed by atoms with Crippen LogP contribution in [0.25, 0.3) is 0 Å². The third-order valence-corrected chi connectivity index (χ3v) is 2.60. The van der Waals surface area contributed by atoms with E-state index in [4.69, 9.17) is 21.1 Å². The van der Waals surface area contributed by atoms with Crippen molar-refractivity contribution in [2.45, 2.75) is 12.8 Å². The quantitative estimate of drug-likeness (QED) is 0.764. The second-order valence-corrected chi connectivity index (χ2v) is 3.92. The highest BCUT2D eigenvalue weighted by Crippen LogP contribution is 2.24. The topological polar surface area (TPSA) is 31.4 Å². The molecule has 18 heavy (non-hydrogen) atoms. The monoisotopic (exact) mass is 263 g/mol. The highest BCUT2D eigenvalue weighted by Gasteiger charge is 2.01. The molecule has 4 heteroatoms. The number of benzene rings is 1. The first kappa shape index (κ1) is 12.7. The van der Waals surface area contributed by atoms with Crippen molar-refractivity contribution in [1.82, 2.24) is 4.98 Å². The van der Waals surface area contributed by atoms with Crippen molar-refractivity contribution in [3.05, 3.63) is 48.2 Å². The van der Waals surface area contributed by atoms with E-state index in [0.29, 0.717) is 24.1 Å². The summed E-state index contributed by atoms with van der Waals surface area (Å²) in [6.07, 6.45) is 1.70. The molecule has 0 aliphatic rings. The number of halogens is 1. The Kier molecular flexibility index (Phi) is 4.42. The van der Waals surface area contributed by atoms with Crippen LogP contribution in [0.1, 0.15) is 12.5 Å². The Morgan fingerprint density at radius 3 is 2.67 bits per heavy atom. The van der Waals surface area contributed by atoms with Gasteiger partial charge in [-0.15, -0.1) is 11.6 Å². The van der Waals surface area contributed by atoms with Gasteiger partial charge in [0.2, 0.25) is 5.88 Å². The zero-order valence-corrected chi connectivity index (χ0v) is 10.9. The summed E-state index contributed by atoms with van der Waals surface area (Å²) in [5, 5.41) is 0. The van der Waals surface area contributed by atoms with E-state index in [9.17, 15) is 0 Å². The fourth-order valence-corrected chi connectivity index (χ4v) is 1.62. The lowest BCUT2D eigenvalue weighted by molar-refractivity contribution is 0.338. The molecule has 0 N–H and O–H groups in total. The van der Waals surface area contributed by atoms with Crippen molar-refractivity contribution < 1.29 is 9.47 Å². The van der Waals surface area contributed by atoms with E-state index in [0.717, 1.165) is 11.3 Å². The fourth-order valence-electron chi connectivity index (χ4n) is 1.47. The van der Waals surface area contributed by atoms with E-state index in [1.165, 1.54) is 0 Å². The number of hydrogen-bond acceptors (Lipinski definition) is 3. The lowest BCUT2D eigenvalue weighted by Gasteiger charge is -2.07. The van der Waals surface area contributed by atoms with E-state index in [1.54, 1.807) is 12.3 Å². The first-order valence-electron chi connectivity index (χ1n) is 5.73. The van der Waals surface area contributed by atoms with Crippen LogP contribution in [0.4, 0.5) is 0 Å². The molecule has 0 aliphatic carbocycles. The van der Waals surface area contributed by atoms with Crippen LogP contribution in [-0.4, -0.2) is 11.6 Å². The minimum atomic E-state index is 0.451. The Balaban J connectivity index is 2.09. The van der Waals surface area contributed by atoms with Crippen LogP contribution in [0, 0.1) is 0 Å². The molecule has 1 aromatic heterocycles. The molecule has 0 fully saturated rings. The van der Waals surface area contributed by atoms with E-state index < -0.39 is 0 Å². The van der Waals surface area contributed by atoms with Crippen LogP contribution in [0.5, 0.6) is 17.4 Å². The second-order valence-electron chi connectivity index (χ2n) is 3.65. The molecule has 0 radical (unpaired) electrons. The molecule has 0 spiro atoms. The number of hydrogen-bond donors (Lipinski definition) is 0. The van der Waals surface area contributed by atoms with Gasteiger partial charge in [-0.1, -0.05) is 12.1 Å². The van der Waals surface area contributed by atoms with Crippen LogP contribution in [-0.2, 0) is 5.88 Å². The fraction of sp³-hybridized carbons (Fsp3) is 0.214. The van der Waals surface area contributed by atoms with Crippen molar-refractivity contribution in [2.75, 3.05) is 6.61 Å². The van der Waals surface area contributed by atoms with Gasteiger partial charge in [0.25, 0.3) is 0 Å². The van der Waals surface area contributed by atoms with Gasteiger partial charge in [0.15, 0.2) is 0 Å².